The second-order valence-electron chi connectivity index (χ2n) is 14.8. The quantitative estimate of drug-likeness (QED) is 0.135. The van der Waals surface area contributed by atoms with Gasteiger partial charge in [-0.3, -0.25) is 14.6 Å². The number of H-pyrrole nitrogens is 1. The number of amides is 3. The molecular weight excluding hydrogens is 823 g/mol. The molecule has 0 saturated carbocycles. The van der Waals surface area contributed by atoms with E-state index < -0.39 is 53.6 Å². The van der Waals surface area contributed by atoms with Crippen LogP contribution in [0.1, 0.15) is 60.6 Å². The number of piperazine rings is 1. The Morgan fingerprint density at radius 3 is 2.31 bits per heavy atom. The summed E-state index contributed by atoms with van der Waals surface area (Å²) in [6.45, 7) is 5.53. The Labute approximate surface area is 354 Å². The van der Waals surface area contributed by atoms with Gasteiger partial charge in [-0.05, 0) is 49.1 Å². The molecule has 1 atom stereocenters. The molecule has 6 rings (SSSR count). The van der Waals surface area contributed by atoms with Gasteiger partial charge in [-0.2, -0.15) is 13.2 Å². The fourth-order valence-electron chi connectivity index (χ4n) is 7.30. The van der Waals surface area contributed by atoms with Gasteiger partial charge in [0.25, 0.3) is 5.91 Å². The van der Waals surface area contributed by atoms with Crippen LogP contribution in [0.4, 0.5) is 29.5 Å². The molecule has 3 amide bonds. The Bertz CT molecular complexity index is 2240. The van der Waals surface area contributed by atoms with Crippen LogP contribution in [0.15, 0.2) is 65.6 Å². The summed E-state index contributed by atoms with van der Waals surface area (Å²) in [5.74, 6) is -0.366. The van der Waals surface area contributed by atoms with E-state index in [9.17, 15) is 37.1 Å². The summed E-state index contributed by atoms with van der Waals surface area (Å²) < 4.78 is 54.2. The van der Waals surface area contributed by atoms with E-state index >= 15 is 0 Å². The van der Waals surface area contributed by atoms with Crippen molar-refractivity contribution in [1.29, 1.82) is 0 Å². The van der Waals surface area contributed by atoms with Crippen LogP contribution in [0.2, 0.25) is 5.02 Å². The fraction of sp³-hybridized carbons (Fsp3) is 0.439. The average Bonchev–Trinajstić information content (AvgIpc) is 3.65. The molecule has 0 spiro atoms. The predicted molar refractivity (Wildman–Crippen MR) is 219 cm³/mol. The van der Waals surface area contributed by atoms with Gasteiger partial charge in [0.15, 0.2) is 11.9 Å². The number of pyridine rings is 1. The van der Waals surface area contributed by atoms with Gasteiger partial charge >= 0.3 is 23.9 Å². The van der Waals surface area contributed by atoms with E-state index in [1.54, 1.807) is 17.0 Å². The number of carbonyl (C=O) groups excluding carboxylic acids is 4. The predicted octanol–water partition coefficient (Wildman–Crippen LogP) is 5.04. The van der Waals surface area contributed by atoms with Gasteiger partial charge in [0, 0.05) is 70.9 Å². The van der Waals surface area contributed by atoms with Gasteiger partial charge < -0.3 is 34.8 Å². The van der Waals surface area contributed by atoms with E-state index in [-0.39, 0.29) is 67.4 Å². The van der Waals surface area contributed by atoms with Crippen LogP contribution in [0.3, 0.4) is 0 Å². The number of nitrogens with two attached hydrogens (primary N) is 1. The third-order valence-electron chi connectivity index (χ3n) is 10.6. The first-order valence-electron chi connectivity index (χ1n) is 19.9. The summed E-state index contributed by atoms with van der Waals surface area (Å²) in [7, 11) is 0. The van der Waals surface area contributed by atoms with Crippen molar-refractivity contribution in [2.75, 3.05) is 69.6 Å². The highest BCUT2D eigenvalue weighted by atomic mass is 35.5. The number of aromatic nitrogens is 4. The van der Waals surface area contributed by atoms with E-state index in [0.29, 0.717) is 44.1 Å². The highest BCUT2D eigenvalue weighted by Gasteiger charge is 2.37. The van der Waals surface area contributed by atoms with Crippen molar-refractivity contribution in [1.82, 2.24) is 34.4 Å². The average molecular weight is 870 g/mol. The lowest BCUT2D eigenvalue weighted by Gasteiger charge is -2.37. The molecule has 2 aliphatic rings. The van der Waals surface area contributed by atoms with Crippen molar-refractivity contribution in [3.8, 4) is 11.4 Å². The van der Waals surface area contributed by atoms with E-state index in [2.05, 4.69) is 15.1 Å². The maximum Gasteiger partial charge on any atom is 0.418 e. The smallest absolute Gasteiger partial charge is 0.418 e. The van der Waals surface area contributed by atoms with Crippen molar-refractivity contribution in [2.24, 2.45) is 0 Å². The van der Waals surface area contributed by atoms with Crippen LogP contribution < -0.4 is 16.3 Å². The Morgan fingerprint density at radius 2 is 1.69 bits per heavy atom. The number of nitrogen functional groups attached to an aromatic ring is 1. The molecule has 61 heavy (non-hydrogen) atoms. The molecule has 2 saturated heterocycles. The van der Waals surface area contributed by atoms with Gasteiger partial charge in [-0.25, -0.2) is 24.0 Å². The molecule has 16 nitrogen and oxygen atoms in total. The first-order chi connectivity index (χ1) is 29.1. The molecular formula is C41H47ClF3N9O7. The molecule has 2 aliphatic heterocycles. The highest BCUT2D eigenvalue weighted by Crippen LogP contribution is 2.38. The number of benzene rings is 2. The number of aromatic amines is 1. The summed E-state index contributed by atoms with van der Waals surface area (Å²) in [5.41, 5.74) is 4.38. The number of piperidine rings is 1. The standard InChI is InChI=1S/C41H47ClF3N9O7/c1-3-13-50(26(2)55)20-21-60-38(57)29-9-10-34(47-25-29)51-16-18-52(19-17-51)37(56)33(24-27-22-31(41(43,44)45)35(46)32(42)23-27)61-40(59)53-14-11-30(12-15-53)54-39(58)48-36(49-54)28-7-5-4-6-8-28/h4-10,22-23,25,30,33H,3,11-21,24,46H2,1-2H3,(H,48,49,58)/t33-/m1/s1. The van der Waals surface area contributed by atoms with Crippen LogP contribution in [0, 0.1) is 0 Å². The molecule has 3 N–H and O–H groups in total. The maximum atomic E-state index is 14.1. The van der Waals surface area contributed by atoms with Crippen LogP contribution in [-0.4, -0.2) is 123 Å². The van der Waals surface area contributed by atoms with Gasteiger partial charge in [0.1, 0.15) is 12.4 Å². The zero-order chi connectivity index (χ0) is 43.8. The number of esters is 1. The number of halogens is 4. The lowest BCUT2D eigenvalue weighted by atomic mass is 10.0. The van der Waals surface area contributed by atoms with Crippen molar-refractivity contribution in [3.05, 3.63) is 93.0 Å². The second kappa shape index (κ2) is 19.5. The third-order valence-corrected chi connectivity index (χ3v) is 10.9. The monoisotopic (exact) mass is 869 g/mol. The number of ether oxygens (including phenoxy) is 2. The summed E-state index contributed by atoms with van der Waals surface area (Å²) >= 11 is 6.11. The molecule has 20 heteroatoms. The number of nitrogens with one attached hydrogen (secondary N) is 1. The molecule has 0 unspecified atom stereocenters. The number of likely N-dealkylation sites (tertiary alicyclic amines) is 1. The summed E-state index contributed by atoms with van der Waals surface area (Å²) in [6, 6.07) is 14.0. The zero-order valence-electron chi connectivity index (χ0n) is 33.7. The Morgan fingerprint density at radius 1 is 0.984 bits per heavy atom. The summed E-state index contributed by atoms with van der Waals surface area (Å²) in [4.78, 5) is 78.4. The molecule has 2 fully saturated rings. The molecule has 326 valence electrons. The number of nitrogens with zero attached hydrogens (tertiary/aromatic N) is 7. The van der Waals surface area contributed by atoms with Crippen molar-refractivity contribution in [3.63, 3.8) is 0 Å². The van der Waals surface area contributed by atoms with Gasteiger partial charge in [0.05, 0.1) is 34.4 Å². The molecule has 2 aromatic carbocycles. The maximum absolute atomic E-state index is 14.1. The number of hydrogen-bond donors (Lipinski definition) is 2. The van der Waals surface area contributed by atoms with E-state index in [1.165, 1.54) is 33.7 Å². The van der Waals surface area contributed by atoms with Gasteiger partial charge in [0.2, 0.25) is 5.91 Å². The van der Waals surface area contributed by atoms with Crippen LogP contribution in [0.25, 0.3) is 11.4 Å². The highest BCUT2D eigenvalue weighted by molar-refractivity contribution is 6.33. The number of rotatable bonds is 13. The number of hydrogen-bond acceptors (Lipinski definition) is 11. The minimum Gasteiger partial charge on any atom is -0.460 e. The topological polar surface area (TPSA) is 189 Å². The van der Waals surface area contributed by atoms with Gasteiger partial charge in [-0.15, -0.1) is 5.10 Å². The molecule has 0 radical (unpaired) electrons. The third kappa shape index (κ3) is 11.0. The van der Waals surface area contributed by atoms with E-state index in [4.69, 9.17) is 26.8 Å². The number of anilines is 2. The van der Waals surface area contributed by atoms with E-state index in [0.717, 1.165) is 18.1 Å². The lowest BCUT2D eigenvalue weighted by molar-refractivity contribution is -0.141. The molecule has 4 heterocycles. The number of alkyl halides is 3. The fourth-order valence-corrected chi connectivity index (χ4v) is 7.54. The Balaban J connectivity index is 1.09. The summed E-state index contributed by atoms with van der Waals surface area (Å²) in [6.07, 6.45) is -4.75. The number of carbonyl (C=O) groups is 4. The van der Waals surface area contributed by atoms with Crippen molar-refractivity contribution < 1.29 is 41.8 Å². The minimum absolute atomic E-state index is 0.0119. The molecule has 0 aliphatic carbocycles. The Kier molecular flexibility index (Phi) is 14.2. The largest absolute Gasteiger partial charge is 0.460 e. The molecule has 4 aromatic rings. The van der Waals surface area contributed by atoms with Crippen molar-refractivity contribution >= 4 is 47.0 Å². The second-order valence-corrected chi connectivity index (χ2v) is 15.2. The minimum atomic E-state index is -4.84. The van der Waals surface area contributed by atoms with Crippen LogP contribution in [0.5, 0.6) is 0 Å². The Hall–Kier alpha value is -6.11. The SMILES string of the molecule is CCCN(CCOC(=O)c1ccc(N2CCN(C(=O)[C@@H](Cc3cc(Cl)c(N)c(C(F)(F)F)c3)OC(=O)N3CCC(n4nc(-c5ccccc5)[nH]c4=O)CC3)CC2)nc1)C(C)=O. The normalized spacial score (nSPS) is 15.3. The van der Waals surface area contributed by atoms with Crippen LogP contribution in [-0.2, 0) is 31.7 Å². The lowest BCUT2D eigenvalue weighted by Crippen LogP contribution is -2.53. The zero-order valence-corrected chi connectivity index (χ0v) is 34.5. The summed E-state index contributed by atoms with van der Waals surface area (Å²) in [5, 5.41) is 4.11. The van der Waals surface area contributed by atoms with Gasteiger partial charge in [-0.1, -0.05) is 48.9 Å². The first kappa shape index (κ1) is 44.4. The first-order valence-corrected chi connectivity index (χ1v) is 20.3. The van der Waals surface area contributed by atoms with E-state index in [1.807, 2.05) is 42.2 Å². The molecule has 2 aromatic heterocycles. The van der Waals surface area contributed by atoms with Crippen molar-refractivity contribution in [2.45, 2.75) is 57.9 Å². The molecule has 0 bridgehead atoms. The van der Waals surface area contributed by atoms with Crippen LogP contribution >= 0.6 is 11.6 Å².